The van der Waals surface area contributed by atoms with E-state index >= 15 is 0 Å². The first-order valence-electron chi connectivity index (χ1n) is 8.61. The highest BCUT2D eigenvalue weighted by Gasteiger charge is 2.71. The molecule has 24 heavy (non-hydrogen) atoms. The Morgan fingerprint density at radius 3 is 2.38 bits per heavy atom. The lowest BCUT2D eigenvalue weighted by atomic mass is 9.68. The zero-order chi connectivity index (χ0) is 17.4. The minimum Gasteiger partial charge on any atom is -0.511 e. The molecule has 2 heterocycles. The summed E-state index contributed by atoms with van der Waals surface area (Å²) >= 11 is 0. The minimum absolute atomic E-state index is 0.0370. The van der Waals surface area contributed by atoms with Gasteiger partial charge in [-0.2, -0.15) is 0 Å². The molecule has 2 bridgehead atoms. The van der Waals surface area contributed by atoms with Crippen LogP contribution < -0.4 is 0 Å². The van der Waals surface area contributed by atoms with E-state index in [0.717, 1.165) is 28.7 Å². The van der Waals surface area contributed by atoms with Gasteiger partial charge in [-0.15, -0.1) is 0 Å². The van der Waals surface area contributed by atoms with Crippen LogP contribution in [0.5, 0.6) is 0 Å². The van der Waals surface area contributed by atoms with Gasteiger partial charge in [-0.1, -0.05) is 17.7 Å². The highest BCUT2D eigenvalue weighted by Crippen LogP contribution is 2.63. The molecule has 2 fully saturated rings. The maximum atomic E-state index is 13.3. The van der Waals surface area contributed by atoms with Gasteiger partial charge in [0.25, 0.3) is 0 Å². The summed E-state index contributed by atoms with van der Waals surface area (Å²) < 4.78 is 6.10. The van der Waals surface area contributed by atoms with Crippen LogP contribution in [0.2, 0.25) is 0 Å². The number of carbonyl (C=O) groups excluding carboxylic acids is 1. The molecule has 0 spiro atoms. The van der Waals surface area contributed by atoms with E-state index in [1.807, 2.05) is 39.8 Å². The molecule has 2 saturated heterocycles. The Morgan fingerprint density at radius 1 is 1.17 bits per heavy atom. The average molecular weight is 328 g/mol. The number of ether oxygens (including phenoxy) is 1. The number of carbonyl (C=O) groups is 1. The Bertz CT molecular complexity index is 770. The number of aliphatic hydroxyl groups is 2. The summed E-state index contributed by atoms with van der Waals surface area (Å²) in [6, 6.07) is 4.08. The molecule has 2 aliphatic heterocycles. The molecule has 0 aromatic heterocycles. The average Bonchev–Trinajstić information content (AvgIpc) is 3.07. The number of fused-ring (bicyclic) bond motifs is 5. The molecule has 4 atom stereocenters. The summed E-state index contributed by atoms with van der Waals surface area (Å²) in [5, 5.41) is 20.9. The van der Waals surface area contributed by atoms with Crippen molar-refractivity contribution in [3.63, 3.8) is 0 Å². The summed E-state index contributed by atoms with van der Waals surface area (Å²) in [5.41, 5.74) is 3.02. The van der Waals surface area contributed by atoms with Gasteiger partial charge < -0.3 is 14.9 Å². The van der Waals surface area contributed by atoms with E-state index in [0.29, 0.717) is 12.0 Å². The molecule has 1 aliphatic carbocycles. The lowest BCUT2D eigenvalue weighted by Crippen LogP contribution is -2.43. The van der Waals surface area contributed by atoms with Crippen LogP contribution in [-0.4, -0.2) is 33.8 Å². The van der Waals surface area contributed by atoms with Gasteiger partial charge in [0.05, 0.1) is 29.6 Å². The maximum Gasteiger partial charge on any atom is 0.173 e. The van der Waals surface area contributed by atoms with Gasteiger partial charge in [0.2, 0.25) is 0 Å². The second-order valence-electron chi connectivity index (χ2n) is 7.99. The SMILES string of the molecule is Cc1cc(C)c(C2=C(O)[C@H]3[C@@H](C2=O)[C@]2(C)CC[C@@]3(CO)O2)c(C)c1. The molecule has 3 aliphatic rings. The van der Waals surface area contributed by atoms with Crippen molar-refractivity contribution in [3.8, 4) is 0 Å². The molecule has 1 aromatic carbocycles. The summed E-state index contributed by atoms with van der Waals surface area (Å²) in [4.78, 5) is 13.3. The smallest absolute Gasteiger partial charge is 0.173 e. The van der Waals surface area contributed by atoms with Gasteiger partial charge in [0, 0.05) is 0 Å². The minimum atomic E-state index is -0.812. The molecule has 4 nitrogen and oxygen atoms in total. The number of rotatable bonds is 2. The van der Waals surface area contributed by atoms with Crippen molar-refractivity contribution in [3.05, 3.63) is 40.1 Å². The lowest BCUT2D eigenvalue weighted by Gasteiger charge is -2.31. The van der Waals surface area contributed by atoms with Crippen molar-refractivity contribution in [1.82, 2.24) is 0 Å². The molecular formula is C20H24O4. The van der Waals surface area contributed by atoms with Crippen molar-refractivity contribution in [1.29, 1.82) is 0 Å². The first-order chi connectivity index (χ1) is 11.2. The molecule has 4 heteroatoms. The number of allylic oxidation sites excluding steroid dienone is 1. The second kappa shape index (κ2) is 4.70. The van der Waals surface area contributed by atoms with Crippen LogP contribution in [0, 0.1) is 32.6 Å². The standard InChI is InChI=1S/C20H24O4/c1-10-7-11(2)13(12(3)8-10)14-17(22)15-16(18(14)23)20(9-21)6-5-19(15,4)24-20/h7-8,15-16,21,23H,5-6,9H2,1-4H3/t15-,16+,19-,20-/m0/s1. The van der Waals surface area contributed by atoms with Crippen molar-refractivity contribution in [2.75, 3.05) is 6.61 Å². The van der Waals surface area contributed by atoms with Crippen molar-refractivity contribution in [2.45, 2.75) is 51.7 Å². The van der Waals surface area contributed by atoms with E-state index in [9.17, 15) is 15.0 Å². The van der Waals surface area contributed by atoms with Crippen LogP contribution in [0.4, 0.5) is 0 Å². The molecule has 0 unspecified atom stereocenters. The van der Waals surface area contributed by atoms with E-state index < -0.39 is 23.0 Å². The van der Waals surface area contributed by atoms with Gasteiger partial charge in [-0.3, -0.25) is 4.79 Å². The third kappa shape index (κ3) is 1.73. The Hall–Kier alpha value is -1.65. The van der Waals surface area contributed by atoms with E-state index in [2.05, 4.69) is 0 Å². The summed E-state index contributed by atoms with van der Waals surface area (Å²) in [6.45, 7) is 7.76. The normalized spacial score (nSPS) is 37.5. The van der Waals surface area contributed by atoms with Crippen LogP contribution >= 0.6 is 0 Å². The van der Waals surface area contributed by atoms with E-state index in [1.54, 1.807) is 0 Å². The van der Waals surface area contributed by atoms with Crippen LogP contribution in [0.25, 0.3) is 5.57 Å². The van der Waals surface area contributed by atoms with Crippen molar-refractivity contribution in [2.24, 2.45) is 11.8 Å². The Kier molecular flexibility index (Phi) is 3.11. The third-order valence-corrected chi connectivity index (χ3v) is 6.31. The maximum absolute atomic E-state index is 13.3. The van der Waals surface area contributed by atoms with Gasteiger partial charge in [-0.25, -0.2) is 0 Å². The molecule has 0 radical (unpaired) electrons. The fourth-order valence-corrected chi connectivity index (χ4v) is 5.43. The third-order valence-electron chi connectivity index (χ3n) is 6.31. The molecule has 1 aromatic rings. The fourth-order valence-electron chi connectivity index (χ4n) is 5.43. The van der Waals surface area contributed by atoms with Crippen molar-refractivity contribution >= 4 is 11.4 Å². The quantitative estimate of drug-likeness (QED) is 0.876. The molecule has 0 saturated carbocycles. The largest absolute Gasteiger partial charge is 0.511 e. The predicted octanol–water partition coefficient (Wildman–Crippen LogP) is 3.01. The van der Waals surface area contributed by atoms with Gasteiger partial charge in [0.1, 0.15) is 11.4 Å². The van der Waals surface area contributed by atoms with Crippen LogP contribution in [0.1, 0.15) is 42.0 Å². The number of Topliss-reactive ketones (excluding diaryl/α,β-unsaturated/α-hetero) is 1. The first kappa shape index (κ1) is 15.9. The van der Waals surface area contributed by atoms with E-state index in [1.165, 1.54) is 0 Å². The zero-order valence-corrected chi connectivity index (χ0v) is 14.6. The Morgan fingerprint density at radius 2 is 1.79 bits per heavy atom. The zero-order valence-electron chi connectivity index (χ0n) is 14.6. The molecule has 128 valence electrons. The van der Waals surface area contributed by atoms with E-state index in [4.69, 9.17) is 4.74 Å². The van der Waals surface area contributed by atoms with Gasteiger partial charge >= 0.3 is 0 Å². The van der Waals surface area contributed by atoms with Gasteiger partial charge in [0.15, 0.2) is 5.78 Å². The summed E-state index contributed by atoms with van der Waals surface area (Å²) in [5.74, 6) is -0.750. The fraction of sp³-hybridized carbons (Fsp3) is 0.550. The molecule has 2 N–H and O–H groups in total. The number of hydrogen-bond acceptors (Lipinski definition) is 4. The van der Waals surface area contributed by atoms with Crippen molar-refractivity contribution < 1.29 is 19.7 Å². The predicted molar refractivity (Wildman–Crippen MR) is 90.7 cm³/mol. The molecular weight excluding hydrogens is 304 g/mol. The highest BCUT2D eigenvalue weighted by molar-refractivity contribution is 6.26. The second-order valence-corrected chi connectivity index (χ2v) is 7.99. The monoisotopic (exact) mass is 328 g/mol. The number of aryl methyl sites for hydroxylation is 3. The lowest BCUT2D eigenvalue weighted by molar-refractivity contribution is -0.122. The highest BCUT2D eigenvalue weighted by atomic mass is 16.6. The number of benzene rings is 1. The molecule has 0 amide bonds. The van der Waals surface area contributed by atoms with Gasteiger partial charge in [-0.05, 0) is 57.2 Å². The summed E-state index contributed by atoms with van der Waals surface area (Å²) in [7, 11) is 0. The Labute approximate surface area is 142 Å². The van der Waals surface area contributed by atoms with Crippen LogP contribution in [0.3, 0.4) is 0 Å². The Balaban J connectivity index is 1.92. The van der Waals surface area contributed by atoms with E-state index in [-0.39, 0.29) is 18.1 Å². The number of hydrogen-bond donors (Lipinski definition) is 2. The topological polar surface area (TPSA) is 66.8 Å². The summed E-state index contributed by atoms with van der Waals surface area (Å²) in [6.07, 6.45) is 1.42. The van der Waals surface area contributed by atoms with Crippen LogP contribution in [-0.2, 0) is 9.53 Å². The number of aliphatic hydroxyl groups excluding tert-OH is 2. The first-order valence-corrected chi connectivity index (χ1v) is 8.61. The number of ketones is 1. The molecule has 4 rings (SSSR count). The van der Waals surface area contributed by atoms with Crippen LogP contribution in [0.15, 0.2) is 17.9 Å².